The van der Waals surface area contributed by atoms with Crippen LogP contribution in [0.15, 0.2) is 33.0 Å². The highest BCUT2D eigenvalue weighted by Gasteiger charge is 2.10. The molecule has 1 rings (SSSR count). The summed E-state index contributed by atoms with van der Waals surface area (Å²) in [6.45, 7) is 7.75. The van der Waals surface area contributed by atoms with Crippen molar-refractivity contribution in [2.75, 3.05) is 7.11 Å². The van der Waals surface area contributed by atoms with Crippen LogP contribution in [0.25, 0.3) is 5.57 Å². The Balaban J connectivity index is 3.36. The monoisotopic (exact) mass is 234 g/mol. The summed E-state index contributed by atoms with van der Waals surface area (Å²) in [5.74, 6) is 1.14. The lowest BCUT2D eigenvalue weighted by atomic mass is 10.1. The maximum Gasteiger partial charge on any atom is 0.339 e. The van der Waals surface area contributed by atoms with Gasteiger partial charge in [0.25, 0.3) is 0 Å². The molecule has 92 valence electrons. The average molecular weight is 234 g/mol. The van der Waals surface area contributed by atoms with E-state index in [1.807, 2.05) is 39.8 Å². The van der Waals surface area contributed by atoms with Crippen molar-refractivity contribution in [2.45, 2.75) is 27.7 Å². The van der Waals surface area contributed by atoms with E-state index >= 15 is 0 Å². The Labute approximate surface area is 101 Å². The number of hydrogen-bond donors (Lipinski definition) is 0. The SMILES string of the molecule is CC=C(C)C=C(C)c1oc(=O)cc(OC)c1C. The Kier molecular flexibility index (Phi) is 4.32. The van der Waals surface area contributed by atoms with Crippen LogP contribution in [0.1, 0.15) is 32.1 Å². The summed E-state index contributed by atoms with van der Waals surface area (Å²) in [4.78, 5) is 11.4. The Bertz CT molecular complexity index is 519. The summed E-state index contributed by atoms with van der Waals surface area (Å²) in [5.41, 5.74) is 2.47. The fourth-order valence-corrected chi connectivity index (χ4v) is 1.61. The molecule has 0 saturated carbocycles. The number of methoxy groups -OCH3 is 1. The summed E-state index contributed by atoms with van der Waals surface area (Å²) in [7, 11) is 1.54. The van der Waals surface area contributed by atoms with E-state index in [9.17, 15) is 4.79 Å². The maximum absolute atomic E-state index is 11.4. The summed E-state index contributed by atoms with van der Waals surface area (Å²) in [6, 6.07) is 1.36. The highest BCUT2D eigenvalue weighted by Crippen LogP contribution is 2.25. The van der Waals surface area contributed by atoms with Gasteiger partial charge in [-0.3, -0.25) is 0 Å². The second-order valence-electron chi connectivity index (χ2n) is 3.95. The molecule has 0 radical (unpaired) electrons. The average Bonchev–Trinajstić information content (AvgIpc) is 2.31. The smallest absolute Gasteiger partial charge is 0.339 e. The van der Waals surface area contributed by atoms with Crippen LogP contribution in [0.2, 0.25) is 0 Å². The molecular weight excluding hydrogens is 216 g/mol. The van der Waals surface area contributed by atoms with E-state index in [2.05, 4.69) is 0 Å². The lowest BCUT2D eigenvalue weighted by Gasteiger charge is -2.08. The summed E-state index contributed by atoms with van der Waals surface area (Å²) < 4.78 is 10.4. The quantitative estimate of drug-likeness (QED) is 0.753. The minimum absolute atomic E-state index is 0.395. The van der Waals surface area contributed by atoms with Gasteiger partial charge in [0.15, 0.2) is 0 Å². The second-order valence-corrected chi connectivity index (χ2v) is 3.95. The first kappa shape index (κ1) is 13.3. The molecule has 17 heavy (non-hydrogen) atoms. The van der Waals surface area contributed by atoms with E-state index < -0.39 is 5.63 Å². The minimum atomic E-state index is -0.395. The van der Waals surface area contributed by atoms with E-state index in [1.54, 1.807) is 7.11 Å². The number of ether oxygens (including phenoxy) is 1. The first-order chi connectivity index (χ1) is 7.99. The van der Waals surface area contributed by atoms with Gasteiger partial charge in [-0.15, -0.1) is 0 Å². The van der Waals surface area contributed by atoms with Gasteiger partial charge in [0.2, 0.25) is 0 Å². The van der Waals surface area contributed by atoms with E-state index in [1.165, 1.54) is 6.07 Å². The normalized spacial score (nSPS) is 12.8. The van der Waals surface area contributed by atoms with Crippen LogP contribution in [0.4, 0.5) is 0 Å². The third-order valence-electron chi connectivity index (χ3n) is 2.64. The van der Waals surface area contributed by atoms with Crippen molar-refractivity contribution in [1.29, 1.82) is 0 Å². The predicted octanol–water partition coefficient (Wildman–Crippen LogP) is 3.33. The van der Waals surface area contributed by atoms with Gasteiger partial charge in [-0.25, -0.2) is 4.79 Å². The van der Waals surface area contributed by atoms with Crippen LogP contribution in [0, 0.1) is 6.92 Å². The fourth-order valence-electron chi connectivity index (χ4n) is 1.61. The molecule has 0 aromatic carbocycles. The van der Waals surface area contributed by atoms with Crippen molar-refractivity contribution in [3.63, 3.8) is 0 Å². The van der Waals surface area contributed by atoms with E-state index in [0.29, 0.717) is 11.5 Å². The van der Waals surface area contributed by atoms with Crippen LogP contribution in [-0.2, 0) is 0 Å². The topological polar surface area (TPSA) is 39.4 Å². The molecule has 3 heteroatoms. The molecule has 0 aliphatic rings. The molecule has 0 atom stereocenters. The van der Waals surface area contributed by atoms with Crippen molar-refractivity contribution in [3.8, 4) is 5.75 Å². The van der Waals surface area contributed by atoms with Gasteiger partial charge in [-0.05, 0) is 33.3 Å². The molecule has 0 spiro atoms. The summed E-state index contributed by atoms with van der Waals surface area (Å²) >= 11 is 0. The van der Waals surface area contributed by atoms with Crippen LogP contribution >= 0.6 is 0 Å². The third-order valence-corrected chi connectivity index (χ3v) is 2.64. The minimum Gasteiger partial charge on any atom is -0.496 e. The molecule has 3 nitrogen and oxygen atoms in total. The zero-order valence-corrected chi connectivity index (χ0v) is 11.0. The Hall–Kier alpha value is -1.77. The van der Waals surface area contributed by atoms with Gasteiger partial charge in [0.1, 0.15) is 11.5 Å². The maximum atomic E-state index is 11.4. The van der Waals surface area contributed by atoms with Gasteiger partial charge >= 0.3 is 5.63 Å². The molecule has 0 N–H and O–H groups in total. The molecule has 1 heterocycles. The van der Waals surface area contributed by atoms with Gasteiger partial charge in [0, 0.05) is 5.56 Å². The molecule has 1 aromatic rings. The Morgan fingerprint density at radius 3 is 2.59 bits per heavy atom. The molecule has 0 fully saturated rings. The van der Waals surface area contributed by atoms with Gasteiger partial charge in [-0.2, -0.15) is 0 Å². The van der Waals surface area contributed by atoms with E-state index in [-0.39, 0.29) is 0 Å². The number of rotatable bonds is 3. The molecule has 1 aromatic heterocycles. The van der Waals surface area contributed by atoms with Crippen LogP contribution in [0.5, 0.6) is 5.75 Å². The number of hydrogen-bond acceptors (Lipinski definition) is 3. The van der Waals surface area contributed by atoms with Crippen molar-refractivity contribution in [1.82, 2.24) is 0 Å². The van der Waals surface area contributed by atoms with Crippen LogP contribution < -0.4 is 10.4 Å². The molecule has 0 bridgehead atoms. The van der Waals surface area contributed by atoms with Crippen LogP contribution in [-0.4, -0.2) is 7.11 Å². The first-order valence-corrected chi connectivity index (χ1v) is 5.50. The van der Waals surface area contributed by atoms with E-state index in [4.69, 9.17) is 9.15 Å². The summed E-state index contributed by atoms with van der Waals surface area (Å²) in [6.07, 6.45) is 3.97. The Morgan fingerprint density at radius 2 is 2.06 bits per heavy atom. The van der Waals surface area contributed by atoms with Gasteiger partial charge < -0.3 is 9.15 Å². The second kappa shape index (κ2) is 5.53. The van der Waals surface area contributed by atoms with Gasteiger partial charge in [-0.1, -0.05) is 17.7 Å². The third kappa shape index (κ3) is 3.09. The van der Waals surface area contributed by atoms with Crippen LogP contribution in [0.3, 0.4) is 0 Å². The predicted molar refractivity (Wildman–Crippen MR) is 69.3 cm³/mol. The Morgan fingerprint density at radius 1 is 1.41 bits per heavy atom. The molecule has 0 saturated heterocycles. The molecule has 0 aliphatic carbocycles. The molecule has 0 aliphatic heterocycles. The zero-order valence-electron chi connectivity index (χ0n) is 11.0. The highest BCUT2D eigenvalue weighted by molar-refractivity contribution is 5.66. The fraction of sp³-hybridized carbons (Fsp3) is 0.357. The lowest BCUT2D eigenvalue weighted by Crippen LogP contribution is -2.03. The lowest BCUT2D eigenvalue weighted by molar-refractivity contribution is 0.395. The summed E-state index contributed by atoms with van der Waals surface area (Å²) in [5, 5.41) is 0. The standard InChI is InChI=1S/C14H18O3/c1-6-9(2)7-10(3)14-11(4)12(16-5)8-13(15)17-14/h6-8H,1-5H3. The van der Waals surface area contributed by atoms with Crippen molar-refractivity contribution in [2.24, 2.45) is 0 Å². The number of allylic oxidation sites excluding steroid dienone is 4. The van der Waals surface area contributed by atoms with Crippen molar-refractivity contribution >= 4 is 5.57 Å². The highest BCUT2D eigenvalue weighted by atomic mass is 16.5. The van der Waals surface area contributed by atoms with E-state index in [0.717, 1.165) is 16.7 Å². The zero-order chi connectivity index (χ0) is 13.0. The van der Waals surface area contributed by atoms with Crippen molar-refractivity contribution < 1.29 is 9.15 Å². The molecule has 0 unspecified atom stereocenters. The molecular formula is C14H18O3. The van der Waals surface area contributed by atoms with Crippen molar-refractivity contribution in [3.05, 3.63) is 45.5 Å². The molecule has 0 amide bonds. The first-order valence-electron chi connectivity index (χ1n) is 5.50. The van der Waals surface area contributed by atoms with Gasteiger partial charge in [0.05, 0.1) is 13.2 Å². The largest absolute Gasteiger partial charge is 0.496 e.